The molecule has 0 radical (unpaired) electrons. The van der Waals surface area contributed by atoms with Crippen molar-refractivity contribution in [1.29, 1.82) is 0 Å². The van der Waals surface area contributed by atoms with Gasteiger partial charge in [-0.1, -0.05) is 12.8 Å². The first kappa shape index (κ1) is 11.6. The predicted octanol–water partition coefficient (Wildman–Crippen LogP) is 2.09. The average molecular weight is 239 g/mol. The van der Waals surface area contributed by atoms with Gasteiger partial charge >= 0.3 is 0 Å². The van der Waals surface area contributed by atoms with E-state index in [-0.39, 0.29) is 5.91 Å². The Morgan fingerprint density at radius 3 is 2.81 bits per heavy atom. The summed E-state index contributed by atoms with van der Waals surface area (Å²) in [4.78, 5) is 12.6. The lowest BCUT2D eigenvalue weighted by molar-refractivity contribution is 0.0450. The van der Waals surface area contributed by atoms with E-state index in [4.69, 9.17) is 0 Å². The van der Waals surface area contributed by atoms with Gasteiger partial charge in [-0.25, -0.2) is 0 Å². The maximum atomic E-state index is 11.8. The van der Waals surface area contributed by atoms with Gasteiger partial charge in [-0.15, -0.1) is 11.3 Å². The van der Waals surface area contributed by atoms with E-state index in [9.17, 15) is 9.90 Å². The summed E-state index contributed by atoms with van der Waals surface area (Å²) in [6.07, 6.45) is 3.72. The summed E-state index contributed by atoms with van der Waals surface area (Å²) in [6, 6.07) is 1.93. The summed E-state index contributed by atoms with van der Waals surface area (Å²) in [5, 5.41) is 14.8. The Morgan fingerprint density at radius 2 is 2.25 bits per heavy atom. The van der Waals surface area contributed by atoms with E-state index in [1.807, 2.05) is 18.4 Å². The number of carbonyl (C=O) groups excluding carboxylic acids is 1. The van der Waals surface area contributed by atoms with Crippen LogP contribution in [0.2, 0.25) is 0 Å². The zero-order chi connectivity index (χ0) is 11.6. The number of thiophene rings is 1. The van der Waals surface area contributed by atoms with E-state index in [2.05, 4.69) is 5.32 Å². The molecule has 88 valence electrons. The summed E-state index contributed by atoms with van der Waals surface area (Å²) in [5.74, 6) is -0.0622. The van der Waals surface area contributed by atoms with Crippen LogP contribution in [0.15, 0.2) is 11.4 Å². The van der Waals surface area contributed by atoms with Crippen LogP contribution in [-0.4, -0.2) is 23.2 Å². The van der Waals surface area contributed by atoms with Crippen LogP contribution in [0.1, 0.15) is 40.9 Å². The molecular formula is C12H17NO2S. The zero-order valence-corrected chi connectivity index (χ0v) is 10.3. The first-order chi connectivity index (χ1) is 7.61. The normalized spacial score (nSPS) is 18.6. The highest BCUT2D eigenvalue weighted by Gasteiger charge is 2.31. The minimum absolute atomic E-state index is 0.0622. The highest BCUT2D eigenvalue weighted by atomic mass is 32.1. The van der Waals surface area contributed by atoms with Crippen molar-refractivity contribution in [2.75, 3.05) is 6.54 Å². The Hall–Kier alpha value is -0.870. The van der Waals surface area contributed by atoms with Gasteiger partial charge in [0.15, 0.2) is 0 Å². The second-order valence-corrected chi connectivity index (χ2v) is 5.46. The Morgan fingerprint density at radius 1 is 1.56 bits per heavy atom. The van der Waals surface area contributed by atoms with Gasteiger partial charge in [0, 0.05) is 6.54 Å². The van der Waals surface area contributed by atoms with Gasteiger partial charge in [0.2, 0.25) is 0 Å². The summed E-state index contributed by atoms with van der Waals surface area (Å²) >= 11 is 1.45. The van der Waals surface area contributed by atoms with Crippen LogP contribution in [0.3, 0.4) is 0 Å². The molecule has 1 amide bonds. The third kappa shape index (κ3) is 2.44. The minimum Gasteiger partial charge on any atom is -0.388 e. The van der Waals surface area contributed by atoms with Gasteiger partial charge in [0.1, 0.15) is 0 Å². The molecule has 1 saturated carbocycles. The zero-order valence-electron chi connectivity index (χ0n) is 9.45. The Balaban J connectivity index is 1.91. The number of nitrogens with one attached hydrogen (secondary N) is 1. The van der Waals surface area contributed by atoms with Crippen molar-refractivity contribution >= 4 is 17.2 Å². The molecule has 2 N–H and O–H groups in total. The predicted molar refractivity (Wildman–Crippen MR) is 64.8 cm³/mol. The molecule has 0 saturated heterocycles. The number of rotatable bonds is 3. The molecule has 1 heterocycles. The average Bonchev–Trinajstić information content (AvgIpc) is 2.85. The second-order valence-electron chi connectivity index (χ2n) is 4.55. The summed E-state index contributed by atoms with van der Waals surface area (Å²) in [5.41, 5.74) is 0.335. The Bertz CT molecular complexity index is 380. The molecule has 0 aliphatic heterocycles. The van der Waals surface area contributed by atoms with Crippen molar-refractivity contribution in [2.45, 2.75) is 38.2 Å². The van der Waals surface area contributed by atoms with Gasteiger partial charge in [0.05, 0.1) is 10.5 Å². The van der Waals surface area contributed by atoms with Crippen molar-refractivity contribution in [3.63, 3.8) is 0 Å². The Labute approximate surface area is 99.5 Å². The molecule has 0 atom stereocenters. The molecule has 0 aromatic carbocycles. The number of amides is 1. The Kier molecular flexibility index (Phi) is 3.30. The lowest BCUT2D eigenvalue weighted by Crippen LogP contribution is -2.40. The van der Waals surface area contributed by atoms with Crippen molar-refractivity contribution < 1.29 is 9.90 Å². The standard InChI is InChI=1S/C12H17NO2S/c1-9-4-7-16-10(9)11(14)13-8-12(15)5-2-3-6-12/h4,7,15H,2-3,5-6,8H2,1H3,(H,13,14). The monoisotopic (exact) mass is 239 g/mol. The fraction of sp³-hybridized carbons (Fsp3) is 0.583. The van der Waals surface area contributed by atoms with Crippen LogP contribution in [0.25, 0.3) is 0 Å². The molecule has 1 aromatic heterocycles. The fourth-order valence-corrected chi connectivity index (χ4v) is 2.98. The van der Waals surface area contributed by atoms with E-state index in [1.165, 1.54) is 11.3 Å². The SMILES string of the molecule is Cc1ccsc1C(=O)NCC1(O)CCCC1. The number of carbonyl (C=O) groups is 1. The molecule has 1 aromatic rings. The second kappa shape index (κ2) is 4.55. The van der Waals surface area contributed by atoms with Crippen LogP contribution >= 0.6 is 11.3 Å². The van der Waals surface area contributed by atoms with Crippen LogP contribution in [0, 0.1) is 6.92 Å². The van der Waals surface area contributed by atoms with Crippen molar-refractivity contribution in [1.82, 2.24) is 5.32 Å². The number of hydrogen-bond donors (Lipinski definition) is 2. The van der Waals surface area contributed by atoms with Gasteiger partial charge in [-0.05, 0) is 36.8 Å². The summed E-state index contributed by atoms with van der Waals surface area (Å²) in [7, 11) is 0. The molecule has 1 fully saturated rings. The maximum Gasteiger partial charge on any atom is 0.261 e. The van der Waals surface area contributed by atoms with E-state index < -0.39 is 5.60 Å². The molecule has 0 unspecified atom stereocenters. The molecular weight excluding hydrogens is 222 g/mol. The first-order valence-corrected chi connectivity index (χ1v) is 6.53. The number of aliphatic hydroxyl groups is 1. The molecule has 4 heteroatoms. The molecule has 1 aliphatic carbocycles. The van der Waals surface area contributed by atoms with Gasteiger partial charge in [-0.2, -0.15) is 0 Å². The lowest BCUT2D eigenvalue weighted by Gasteiger charge is -2.22. The van der Waals surface area contributed by atoms with Crippen LogP contribution in [0.5, 0.6) is 0 Å². The van der Waals surface area contributed by atoms with Crippen LogP contribution < -0.4 is 5.32 Å². The molecule has 2 rings (SSSR count). The lowest BCUT2D eigenvalue weighted by atomic mass is 10.0. The van der Waals surface area contributed by atoms with Crippen LogP contribution in [0.4, 0.5) is 0 Å². The minimum atomic E-state index is -0.666. The summed E-state index contributed by atoms with van der Waals surface area (Å²) < 4.78 is 0. The van der Waals surface area contributed by atoms with E-state index >= 15 is 0 Å². The highest BCUT2D eigenvalue weighted by Crippen LogP contribution is 2.28. The van der Waals surface area contributed by atoms with Crippen molar-refractivity contribution in [2.24, 2.45) is 0 Å². The van der Waals surface area contributed by atoms with Crippen molar-refractivity contribution in [3.8, 4) is 0 Å². The molecule has 16 heavy (non-hydrogen) atoms. The van der Waals surface area contributed by atoms with Gasteiger partial charge in [0.25, 0.3) is 5.91 Å². The molecule has 0 spiro atoms. The smallest absolute Gasteiger partial charge is 0.261 e. The topological polar surface area (TPSA) is 49.3 Å². The molecule has 1 aliphatic rings. The fourth-order valence-electron chi connectivity index (χ4n) is 2.14. The molecule has 0 bridgehead atoms. The van der Waals surface area contributed by atoms with Crippen molar-refractivity contribution in [3.05, 3.63) is 21.9 Å². The third-order valence-electron chi connectivity index (χ3n) is 3.18. The van der Waals surface area contributed by atoms with Gasteiger partial charge in [-0.3, -0.25) is 4.79 Å². The summed E-state index contributed by atoms with van der Waals surface area (Å²) in [6.45, 7) is 2.30. The maximum absolute atomic E-state index is 11.8. The van der Waals surface area contributed by atoms with E-state index in [1.54, 1.807) is 0 Å². The highest BCUT2D eigenvalue weighted by molar-refractivity contribution is 7.12. The largest absolute Gasteiger partial charge is 0.388 e. The van der Waals surface area contributed by atoms with Gasteiger partial charge < -0.3 is 10.4 Å². The molecule has 3 nitrogen and oxygen atoms in total. The number of hydrogen-bond acceptors (Lipinski definition) is 3. The van der Waals surface area contributed by atoms with Crippen LogP contribution in [-0.2, 0) is 0 Å². The quantitative estimate of drug-likeness (QED) is 0.848. The van der Waals surface area contributed by atoms with E-state index in [0.717, 1.165) is 36.1 Å². The first-order valence-electron chi connectivity index (χ1n) is 5.65. The van der Waals surface area contributed by atoms with E-state index in [0.29, 0.717) is 6.54 Å². The number of aryl methyl sites for hydroxylation is 1. The third-order valence-corrected chi connectivity index (χ3v) is 4.20.